The van der Waals surface area contributed by atoms with Crippen LogP contribution in [0.15, 0.2) is 10.9 Å². The number of H-pyrrole nitrogens is 1. The number of pyridine rings is 1. The summed E-state index contributed by atoms with van der Waals surface area (Å²) in [4.78, 5) is 20.9. The number of aromatic nitrogens is 1. The van der Waals surface area contributed by atoms with Crippen molar-refractivity contribution in [3.63, 3.8) is 0 Å². The highest BCUT2D eigenvalue weighted by Crippen LogP contribution is 2.28. The summed E-state index contributed by atoms with van der Waals surface area (Å²) in [6.45, 7) is 0. The molecule has 0 fully saturated rings. The Balaban J connectivity index is 3.52. The Bertz CT molecular complexity index is 429. The van der Waals surface area contributed by atoms with Crippen LogP contribution in [0, 0.1) is 16.1 Å². The van der Waals surface area contributed by atoms with Gasteiger partial charge in [0.05, 0.1) is 11.0 Å². The summed E-state index contributed by atoms with van der Waals surface area (Å²) in [5, 5.41) is 10.2. The highest BCUT2D eigenvalue weighted by atomic mass is 19.3. The van der Waals surface area contributed by atoms with E-state index < -0.39 is 34.1 Å². The summed E-state index contributed by atoms with van der Waals surface area (Å²) in [6.07, 6.45) is -3.35. The van der Waals surface area contributed by atoms with Gasteiger partial charge in [0.2, 0.25) is 5.95 Å². The van der Waals surface area contributed by atoms with E-state index in [1.807, 2.05) is 0 Å². The van der Waals surface area contributed by atoms with Gasteiger partial charge in [0.25, 0.3) is 17.7 Å². The number of hydrogen-bond donors (Lipinski definition) is 1. The molecule has 1 aromatic heterocycles. The number of nitrogens with one attached hydrogen (secondary N) is 1. The maximum atomic E-state index is 12.7. The van der Waals surface area contributed by atoms with E-state index in [1.165, 1.54) is 4.98 Å². The number of alkyl halides is 2. The van der Waals surface area contributed by atoms with Gasteiger partial charge in [-0.15, -0.1) is 0 Å². The molecule has 0 saturated heterocycles. The van der Waals surface area contributed by atoms with Crippen molar-refractivity contribution in [2.24, 2.45) is 0 Å². The Labute approximate surface area is 74.3 Å². The number of hydrogen-bond acceptors (Lipinski definition) is 3. The highest BCUT2D eigenvalue weighted by molar-refractivity contribution is 5.38. The van der Waals surface area contributed by atoms with E-state index in [0.29, 0.717) is 6.07 Å². The number of aromatic amines is 1. The van der Waals surface area contributed by atoms with Crippen LogP contribution in [-0.2, 0) is 0 Å². The van der Waals surface area contributed by atoms with E-state index in [0.717, 1.165) is 0 Å². The Morgan fingerprint density at radius 3 is 2.50 bits per heavy atom. The monoisotopic (exact) mass is 208 g/mol. The molecule has 0 bridgehead atoms. The second kappa shape index (κ2) is 3.48. The Morgan fingerprint density at radius 1 is 1.50 bits per heavy atom. The fourth-order valence-corrected chi connectivity index (χ4v) is 0.885. The van der Waals surface area contributed by atoms with Crippen molar-refractivity contribution >= 4 is 5.69 Å². The third-order valence-electron chi connectivity index (χ3n) is 1.43. The van der Waals surface area contributed by atoms with Crippen LogP contribution in [0.1, 0.15) is 12.0 Å². The first-order valence-electron chi connectivity index (χ1n) is 3.28. The number of halogens is 3. The van der Waals surface area contributed by atoms with Crippen LogP contribution >= 0.6 is 0 Å². The Kier molecular flexibility index (Phi) is 2.54. The lowest BCUT2D eigenvalue weighted by Gasteiger charge is -2.01. The van der Waals surface area contributed by atoms with Crippen molar-refractivity contribution in [2.75, 3.05) is 0 Å². The lowest BCUT2D eigenvalue weighted by atomic mass is 10.2. The van der Waals surface area contributed by atoms with Gasteiger partial charge in [-0.25, -0.2) is 8.78 Å². The zero-order chi connectivity index (χ0) is 10.9. The van der Waals surface area contributed by atoms with Gasteiger partial charge in [0.15, 0.2) is 0 Å². The minimum absolute atomic E-state index is 0.310. The predicted molar refractivity (Wildman–Crippen MR) is 38.6 cm³/mol. The van der Waals surface area contributed by atoms with Gasteiger partial charge in [-0.2, -0.15) is 4.39 Å². The quantitative estimate of drug-likeness (QED) is 0.452. The molecule has 0 spiro atoms. The van der Waals surface area contributed by atoms with Crippen LogP contribution < -0.4 is 5.56 Å². The molecular formula is C6H3F3N2O3. The van der Waals surface area contributed by atoms with Crippen molar-refractivity contribution in [3.05, 3.63) is 38.0 Å². The first kappa shape index (κ1) is 10.2. The van der Waals surface area contributed by atoms with Gasteiger partial charge in [0, 0.05) is 0 Å². The highest BCUT2D eigenvalue weighted by Gasteiger charge is 2.27. The normalized spacial score (nSPS) is 10.6. The molecule has 0 aliphatic rings. The van der Waals surface area contributed by atoms with Gasteiger partial charge in [-0.3, -0.25) is 19.9 Å². The second-order valence-corrected chi connectivity index (χ2v) is 2.30. The van der Waals surface area contributed by atoms with Gasteiger partial charge in [-0.05, 0) is 0 Å². The third kappa shape index (κ3) is 1.73. The zero-order valence-corrected chi connectivity index (χ0v) is 6.46. The maximum absolute atomic E-state index is 12.7. The van der Waals surface area contributed by atoms with Crippen LogP contribution in [-0.4, -0.2) is 9.91 Å². The molecule has 5 nitrogen and oxygen atoms in total. The van der Waals surface area contributed by atoms with Crippen molar-refractivity contribution in [3.8, 4) is 0 Å². The Hall–Kier alpha value is -1.86. The fourth-order valence-electron chi connectivity index (χ4n) is 0.885. The zero-order valence-electron chi connectivity index (χ0n) is 6.46. The summed E-state index contributed by atoms with van der Waals surface area (Å²) in [6, 6.07) is 0.310. The predicted octanol–water partition coefficient (Wildman–Crippen LogP) is 1.36. The molecule has 14 heavy (non-hydrogen) atoms. The first-order valence-corrected chi connectivity index (χ1v) is 3.28. The summed E-state index contributed by atoms with van der Waals surface area (Å²) < 4.78 is 36.9. The average Bonchev–Trinajstić information content (AvgIpc) is 2.01. The summed E-state index contributed by atoms with van der Waals surface area (Å²) in [7, 11) is 0. The molecule has 1 heterocycles. The lowest BCUT2D eigenvalue weighted by Crippen LogP contribution is -2.12. The van der Waals surface area contributed by atoms with Gasteiger partial charge < -0.3 is 0 Å². The van der Waals surface area contributed by atoms with Crippen molar-refractivity contribution in [1.82, 2.24) is 4.98 Å². The minimum Gasteiger partial charge on any atom is -0.298 e. The van der Waals surface area contributed by atoms with Crippen LogP contribution in [0.4, 0.5) is 18.9 Å². The number of rotatable bonds is 2. The van der Waals surface area contributed by atoms with Gasteiger partial charge >= 0.3 is 0 Å². The molecule has 0 aliphatic heterocycles. The number of nitrogens with zero attached hydrogens (tertiary/aromatic N) is 1. The second-order valence-electron chi connectivity index (χ2n) is 2.30. The summed E-state index contributed by atoms with van der Waals surface area (Å²) >= 11 is 0. The molecule has 0 atom stereocenters. The van der Waals surface area contributed by atoms with Crippen molar-refractivity contribution < 1.29 is 18.1 Å². The van der Waals surface area contributed by atoms with Gasteiger partial charge in [-0.1, -0.05) is 0 Å². The van der Waals surface area contributed by atoms with Gasteiger partial charge in [0.1, 0.15) is 5.56 Å². The minimum atomic E-state index is -3.35. The van der Waals surface area contributed by atoms with Crippen molar-refractivity contribution in [1.29, 1.82) is 0 Å². The van der Waals surface area contributed by atoms with Crippen LogP contribution in [0.5, 0.6) is 0 Å². The van der Waals surface area contributed by atoms with E-state index >= 15 is 0 Å². The molecule has 8 heteroatoms. The smallest absolute Gasteiger partial charge is 0.288 e. The summed E-state index contributed by atoms with van der Waals surface area (Å²) in [5.74, 6) is -1.68. The van der Waals surface area contributed by atoms with Crippen LogP contribution in [0.2, 0.25) is 0 Å². The van der Waals surface area contributed by atoms with E-state index in [-0.39, 0.29) is 0 Å². The lowest BCUT2D eigenvalue weighted by molar-refractivity contribution is -0.386. The SMILES string of the molecule is O=c1cc([N+](=O)[O-])c(C(F)F)c(F)[nH]1. The molecule has 0 radical (unpaired) electrons. The average molecular weight is 208 g/mol. The fraction of sp³-hybridized carbons (Fsp3) is 0.167. The molecular weight excluding hydrogens is 205 g/mol. The van der Waals surface area contributed by atoms with E-state index in [4.69, 9.17) is 0 Å². The maximum Gasteiger partial charge on any atom is 0.288 e. The van der Waals surface area contributed by atoms with Crippen LogP contribution in [0.3, 0.4) is 0 Å². The molecule has 1 N–H and O–H groups in total. The molecule has 1 rings (SSSR count). The van der Waals surface area contributed by atoms with E-state index in [1.54, 1.807) is 0 Å². The largest absolute Gasteiger partial charge is 0.298 e. The molecule has 0 aromatic carbocycles. The standard InChI is InChI=1S/C6H3F3N2O3/c7-5(8)4-2(11(13)14)1-3(12)10-6(4)9/h1,5H,(H,10,12). The molecule has 0 unspecified atom stereocenters. The van der Waals surface area contributed by atoms with E-state index in [9.17, 15) is 28.1 Å². The Morgan fingerprint density at radius 2 is 2.07 bits per heavy atom. The van der Waals surface area contributed by atoms with E-state index in [2.05, 4.69) is 0 Å². The number of nitro groups is 1. The van der Waals surface area contributed by atoms with Crippen LogP contribution in [0.25, 0.3) is 0 Å². The first-order chi connectivity index (χ1) is 6.43. The summed E-state index contributed by atoms with van der Waals surface area (Å²) in [5.41, 5.74) is -3.77. The molecule has 0 saturated carbocycles. The molecule has 0 amide bonds. The topological polar surface area (TPSA) is 76.0 Å². The molecule has 0 aliphatic carbocycles. The molecule has 1 aromatic rings. The molecule has 76 valence electrons. The third-order valence-corrected chi connectivity index (χ3v) is 1.43. The van der Waals surface area contributed by atoms with Crippen molar-refractivity contribution in [2.45, 2.75) is 6.43 Å².